The van der Waals surface area contributed by atoms with Crippen molar-refractivity contribution in [3.05, 3.63) is 35.5 Å². The third-order valence-electron chi connectivity index (χ3n) is 6.28. The molecule has 2 aromatic rings. The Morgan fingerprint density at radius 2 is 1.48 bits per heavy atom. The quantitative estimate of drug-likeness (QED) is 0.630. The largest absolute Gasteiger partial charge is 0.384 e. The molecule has 0 spiro atoms. The maximum Gasteiger partial charge on any atom is 0.0737 e. The van der Waals surface area contributed by atoms with Crippen LogP contribution < -0.4 is 5.32 Å². The Bertz CT molecular complexity index is 769. The van der Waals surface area contributed by atoms with Crippen LogP contribution in [0.25, 0.3) is 10.9 Å². The van der Waals surface area contributed by atoms with E-state index in [1.54, 1.807) is 0 Å². The van der Waals surface area contributed by atoms with E-state index in [2.05, 4.69) is 37.1 Å². The van der Waals surface area contributed by atoms with Crippen molar-refractivity contribution in [2.45, 2.75) is 25.7 Å². The van der Waals surface area contributed by atoms with Crippen LogP contribution in [0, 0.1) is 0 Å². The number of hydrogen-bond acceptors (Lipinski definition) is 5. The number of anilines is 1. The Hall–Kier alpha value is -1.40. The van der Waals surface area contributed by atoms with Crippen molar-refractivity contribution in [3.8, 4) is 0 Å². The number of halogens is 1. The van der Waals surface area contributed by atoms with Crippen LogP contribution in [-0.4, -0.2) is 85.1 Å². The van der Waals surface area contributed by atoms with E-state index >= 15 is 0 Å². The normalized spacial score (nSPS) is 19.2. The maximum absolute atomic E-state index is 6.08. The number of hydrogen-bond donors (Lipinski definition) is 1. The van der Waals surface area contributed by atoms with Crippen molar-refractivity contribution in [1.82, 2.24) is 19.7 Å². The summed E-state index contributed by atoms with van der Waals surface area (Å²) in [6, 6.07) is 7.96. The van der Waals surface area contributed by atoms with E-state index < -0.39 is 0 Å². The predicted molar refractivity (Wildman–Crippen MR) is 123 cm³/mol. The molecule has 5 nitrogen and oxygen atoms in total. The molecule has 2 aliphatic heterocycles. The molecule has 0 amide bonds. The van der Waals surface area contributed by atoms with Crippen LogP contribution in [0.15, 0.2) is 30.5 Å². The van der Waals surface area contributed by atoms with E-state index in [1.165, 1.54) is 78.2 Å². The van der Waals surface area contributed by atoms with Crippen LogP contribution in [0.5, 0.6) is 0 Å². The lowest BCUT2D eigenvalue weighted by atomic mass is 10.2. The fraction of sp³-hybridized carbons (Fsp3) is 0.609. The number of rotatable bonds is 9. The zero-order valence-electron chi connectivity index (χ0n) is 17.5. The van der Waals surface area contributed by atoms with Gasteiger partial charge in [0, 0.05) is 55.0 Å². The summed E-state index contributed by atoms with van der Waals surface area (Å²) >= 11 is 6.08. The highest BCUT2D eigenvalue weighted by Gasteiger charge is 2.17. The zero-order chi connectivity index (χ0) is 19.9. The first-order valence-electron chi connectivity index (χ1n) is 11.2. The SMILES string of the molecule is Clc1ccc2c(NCCCN3CCN(CCCN4CCCC4)CC3)ccnc2c1. The average Bonchev–Trinajstić information content (AvgIpc) is 3.25. The molecule has 0 saturated carbocycles. The van der Waals surface area contributed by atoms with Crippen LogP contribution in [0.3, 0.4) is 0 Å². The summed E-state index contributed by atoms with van der Waals surface area (Å²) in [5, 5.41) is 5.46. The molecule has 2 fully saturated rings. The van der Waals surface area contributed by atoms with Gasteiger partial charge < -0.3 is 20.0 Å². The van der Waals surface area contributed by atoms with E-state index in [4.69, 9.17) is 11.6 Å². The van der Waals surface area contributed by atoms with Crippen molar-refractivity contribution in [2.75, 3.05) is 70.8 Å². The average molecular weight is 416 g/mol. The molecule has 1 aromatic carbocycles. The molecule has 2 saturated heterocycles. The first kappa shape index (κ1) is 20.9. The van der Waals surface area contributed by atoms with Gasteiger partial charge in [0.2, 0.25) is 0 Å². The molecule has 4 rings (SSSR count). The first-order valence-corrected chi connectivity index (χ1v) is 11.6. The molecule has 0 aliphatic carbocycles. The summed E-state index contributed by atoms with van der Waals surface area (Å²) in [5.74, 6) is 0. The second-order valence-electron chi connectivity index (χ2n) is 8.39. The van der Waals surface area contributed by atoms with Gasteiger partial charge in [-0.1, -0.05) is 11.6 Å². The molecule has 3 heterocycles. The fourth-order valence-electron chi connectivity index (χ4n) is 4.56. The first-order chi connectivity index (χ1) is 14.3. The van der Waals surface area contributed by atoms with Gasteiger partial charge in [-0.25, -0.2) is 0 Å². The Labute approximate surface area is 180 Å². The summed E-state index contributed by atoms with van der Waals surface area (Å²) in [7, 11) is 0. The third-order valence-corrected chi connectivity index (χ3v) is 6.52. The molecule has 1 aromatic heterocycles. The van der Waals surface area contributed by atoms with E-state index in [1.807, 2.05) is 18.3 Å². The second kappa shape index (κ2) is 10.6. The molecular formula is C23H34ClN5. The molecule has 2 aliphatic rings. The summed E-state index contributed by atoms with van der Waals surface area (Å²) < 4.78 is 0. The lowest BCUT2D eigenvalue weighted by Gasteiger charge is -2.35. The number of piperazine rings is 1. The maximum atomic E-state index is 6.08. The number of pyridine rings is 1. The fourth-order valence-corrected chi connectivity index (χ4v) is 4.73. The number of benzene rings is 1. The van der Waals surface area contributed by atoms with E-state index in [0.29, 0.717) is 0 Å². The molecule has 29 heavy (non-hydrogen) atoms. The Morgan fingerprint density at radius 3 is 2.21 bits per heavy atom. The molecule has 1 N–H and O–H groups in total. The van der Waals surface area contributed by atoms with Crippen molar-refractivity contribution in [2.24, 2.45) is 0 Å². The molecule has 0 radical (unpaired) electrons. The van der Waals surface area contributed by atoms with Crippen molar-refractivity contribution in [1.29, 1.82) is 0 Å². The van der Waals surface area contributed by atoms with Crippen LogP contribution in [0.4, 0.5) is 5.69 Å². The topological polar surface area (TPSA) is 34.6 Å². The van der Waals surface area contributed by atoms with Crippen molar-refractivity contribution in [3.63, 3.8) is 0 Å². The molecule has 158 valence electrons. The Morgan fingerprint density at radius 1 is 0.828 bits per heavy atom. The molecule has 0 atom stereocenters. The van der Waals surface area contributed by atoms with E-state index in [9.17, 15) is 0 Å². The summed E-state index contributed by atoms with van der Waals surface area (Å²) in [4.78, 5) is 12.3. The lowest BCUT2D eigenvalue weighted by molar-refractivity contribution is 0.128. The van der Waals surface area contributed by atoms with Gasteiger partial charge in [0.15, 0.2) is 0 Å². The van der Waals surface area contributed by atoms with E-state index in [0.717, 1.165) is 34.6 Å². The van der Waals surface area contributed by atoms with Crippen molar-refractivity contribution < 1.29 is 0 Å². The van der Waals surface area contributed by atoms with Crippen LogP contribution >= 0.6 is 11.6 Å². The number of likely N-dealkylation sites (tertiary alicyclic amines) is 1. The van der Waals surface area contributed by atoms with Gasteiger partial charge >= 0.3 is 0 Å². The molecular weight excluding hydrogens is 382 g/mol. The highest BCUT2D eigenvalue weighted by molar-refractivity contribution is 6.31. The van der Waals surface area contributed by atoms with E-state index in [-0.39, 0.29) is 0 Å². The highest BCUT2D eigenvalue weighted by atomic mass is 35.5. The van der Waals surface area contributed by atoms with Gasteiger partial charge in [-0.2, -0.15) is 0 Å². The molecule has 0 bridgehead atoms. The van der Waals surface area contributed by atoms with Gasteiger partial charge in [-0.05, 0) is 82.7 Å². The third kappa shape index (κ3) is 6.05. The highest BCUT2D eigenvalue weighted by Crippen LogP contribution is 2.24. The molecule has 0 unspecified atom stereocenters. The number of nitrogens with zero attached hydrogens (tertiary/aromatic N) is 4. The summed E-state index contributed by atoms with van der Waals surface area (Å²) in [5.41, 5.74) is 2.10. The Balaban J connectivity index is 1.12. The van der Waals surface area contributed by atoms with Crippen molar-refractivity contribution >= 4 is 28.2 Å². The van der Waals surface area contributed by atoms with Gasteiger partial charge in [0.25, 0.3) is 0 Å². The number of fused-ring (bicyclic) bond motifs is 1. The number of nitrogens with one attached hydrogen (secondary N) is 1. The minimum atomic E-state index is 0.734. The van der Waals surface area contributed by atoms with Crippen LogP contribution in [0.2, 0.25) is 5.02 Å². The monoisotopic (exact) mass is 415 g/mol. The van der Waals surface area contributed by atoms with Crippen LogP contribution in [0.1, 0.15) is 25.7 Å². The standard InChI is InChI=1S/C23H34ClN5/c24-20-5-6-21-22(7-9-26-23(21)19-20)25-8-3-12-28-15-17-29(18-16-28)14-4-13-27-10-1-2-11-27/h5-7,9,19H,1-4,8,10-18H2,(H,25,26). The minimum absolute atomic E-state index is 0.734. The Kier molecular flexibility index (Phi) is 7.61. The number of aromatic nitrogens is 1. The van der Waals surface area contributed by atoms with Gasteiger partial charge in [0.1, 0.15) is 0 Å². The zero-order valence-corrected chi connectivity index (χ0v) is 18.2. The smallest absolute Gasteiger partial charge is 0.0737 e. The van der Waals surface area contributed by atoms with Gasteiger partial charge in [-0.3, -0.25) is 4.98 Å². The second-order valence-corrected chi connectivity index (χ2v) is 8.82. The summed E-state index contributed by atoms with van der Waals surface area (Å²) in [6.45, 7) is 12.2. The molecule has 6 heteroatoms. The summed E-state index contributed by atoms with van der Waals surface area (Å²) in [6.07, 6.45) is 7.14. The van der Waals surface area contributed by atoms with Gasteiger partial charge in [0.05, 0.1) is 5.52 Å². The lowest BCUT2D eigenvalue weighted by Crippen LogP contribution is -2.47. The predicted octanol–water partition coefficient (Wildman–Crippen LogP) is 3.79. The van der Waals surface area contributed by atoms with Crippen LogP contribution in [-0.2, 0) is 0 Å². The van der Waals surface area contributed by atoms with Gasteiger partial charge in [-0.15, -0.1) is 0 Å². The minimum Gasteiger partial charge on any atom is -0.384 e.